The number of aromatic amines is 1. The van der Waals surface area contributed by atoms with Crippen molar-refractivity contribution in [1.29, 1.82) is 0 Å². The van der Waals surface area contributed by atoms with Crippen LogP contribution in [-0.4, -0.2) is 19.7 Å². The third-order valence-electron chi connectivity index (χ3n) is 2.82. The van der Waals surface area contributed by atoms with E-state index in [0.717, 1.165) is 22.6 Å². The van der Waals surface area contributed by atoms with Crippen molar-refractivity contribution in [1.82, 2.24) is 19.7 Å². The first kappa shape index (κ1) is 11.8. The van der Waals surface area contributed by atoms with Crippen LogP contribution in [0.2, 0.25) is 0 Å². The molecule has 19 heavy (non-hydrogen) atoms. The van der Waals surface area contributed by atoms with Crippen LogP contribution in [0.5, 0.6) is 0 Å². The molecule has 0 aliphatic heterocycles. The Morgan fingerprint density at radius 2 is 1.95 bits per heavy atom. The molecule has 5 heteroatoms. The van der Waals surface area contributed by atoms with Gasteiger partial charge in [-0.1, -0.05) is 30.3 Å². The average molecular weight is 268 g/mol. The van der Waals surface area contributed by atoms with Gasteiger partial charge in [0.05, 0.1) is 11.9 Å². The molecular weight excluding hydrogens is 256 g/mol. The molecule has 0 fully saturated rings. The molecule has 1 aromatic carbocycles. The van der Waals surface area contributed by atoms with Crippen LogP contribution in [0, 0.1) is 11.7 Å². The number of nitrogens with zero attached hydrogens (tertiary/aromatic N) is 3. The zero-order chi connectivity index (χ0) is 13.2. The van der Waals surface area contributed by atoms with Crippen LogP contribution in [0.4, 0.5) is 0 Å². The van der Waals surface area contributed by atoms with E-state index in [4.69, 9.17) is 12.2 Å². The fourth-order valence-electron chi connectivity index (χ4n) is 1.98. The van der Waals surface area contributed by atoms with Crippen LogP contribution >= 0.6 is 12.2 Å². The SMILES string of the molecule is Cc1cncc(-n2c(-c3ccccc3)n[nH]c2=S)c1. The zero-order valence-corrected chi connectivity index (χ0v) is 11.2. The first-order chi connectivity index (χ1) is 9.25. The summed E-state index contributed by atoms with van der Waals surface area (Å²) in [5, 5.41) is 7.15. The maximum Gasteiger partial charge on any atom is 0.200 e. The molecule has 0 saturated carbocycles. The summed E-state index contributed by atoms with van der Waals surface area (Å²) in [6.07, 6.45) is 3.60. The molecule has 3 rings (SSSR count). The monoisotopic (exact) mass is 268 g/mol. The van der Waals surface area contributed by atoms with Crippen molar-refractivity contribution in [3.8, 4) is 17.1 Å². The Balaban J connectivity index is 2.23. The molecule has 0 amide bonds. The van der Waals surface area contributed by atoms with Crippen molar-refractivity contribution >= 4 is 12.2 Å². The first-order valence-corrected chi connectivity index (χ1v) is 6.31. The molecule has 0 spiro atoms. The summed E-state index contributed by atoms with van der Waals surface area (Å²) in [6.45, 7) is 2.00. The van der Waals surface area contributed by atoms with Crippen LogP contribution in [0.3, 0.4) is 0 Å². The molecule has 2 heterocycles. The number of rotatable bonds is 2. The predicted molar refractivity (Wildman–Crippen MR) is 76.7 cm³/mol. The lowest BCUT2D eigenvalue weighted by atomic mass is 10.2. The van der Waals surface area contributed by atoms with Crippen LogP contribution in [0.25, 0.3) is 17.1 Å². The summed E-state index contributed by atoms with van der Waals surface area (Å²) in [6, 6.07) is 12.0. The highest BCUT2D eigenvalue weighted by molar-refractivity contribution is 7.71. The number of hydrogen-bond acceptors (Lipinski definition) is 3. The van der Waals surface area contributed by atoms with Crippen molar-refractivity contribution in [2.24, 2.45) is 0 Å². The van der Waals surface area contributed by atoms with Crippen molar-refractivity contribution in [3.63, 3.8) is 0 Å². The second-order valence-corrected chi connectivity index (χ2v) is 4.66. The van der Waals surface area contributed by atoms with Crippen LogP contribution in [-0.2, 0) is 0 Å². The minimum atomic E-state index is 0.561. The van der Waals surface area contributed by atoms with Crippen LogP contribution in [0.15, 0.2) is 48.8 Å². The average Bonchev–Trinajstić information content (AvgIpc) is 2.82. The smallest absolute Gasteiger partial charge is 0.200 e. The number of pyridine rings is 1. The minimum Gasteiger partial charge on any atom is -0.267 e. The van der Waals surface area contributed by atoms with E-state index < -0.39 is 0 Å². The fraction of sp³-hybridized carbons (Fsp3) is 0.0714. The van der Waals surface area contributed by atoms with Crippen LogP contribution < -0.4 is 0 Å². The van der Waals surface area contributed by atoms with Gasteiger partial charge in [0, 0.05) is 11.8 Å². The lowest BCUT2D eigenvalue weighted by Gasteiger charge is -2.07. The van der Waals surface area contributed by atoms with Crippen LogP contribution in [0.1, 0.15) is 5.56 Å². The molecule has 2 aromatic heterocycles. The van der Waals surface area contributed by atoms with Crippen molar-refractivity contribution in [3.05, 3.63) is 59.1 Å². The Kier molecular flexibility index (Phi) is 2.97. The number of aromatic nitrogens is 4. The molecule has 0 unspecified atom stereocenters. The standard InChI is InChI=1S/C14H12N4S/c1-10-7-12(9-15-8-10)18-13(16-17-14(18)19)11-5-3-2-4-6-11/h2-9H,1H3,(H,17,19). The van der Waals surface area contributed by atoms with E-state index >= 15 is 0 Å². The molecule has 0 saturated heterocycles. The van der Waals surface area contributed by atoms with E-state index in [9.17, 15) is 0 Å². The minimum absolute atomic E-state index is 0.561. The summed E-state index contributed by atoms with van der Waals surface area (Å²) in [7, 11) is 0. The molecule has 3 aromatic rings. The van der Waals surface area contributed by atoms with Gasteiger partial charge in [0.15, 0.2) is 10.6 Å². The number of benzene rings is 1. The molecule has 0 radical (unpaired) electrons. The highest BCUT2D eigenvalue weighted by Crippen LogP contribution is 2.21. The van der Waals surface area contributed by atoms with Gasteiger partial charge in [0.1, 0.15) is 0 Å². The first-order valence-electron chi connectivity index (χ1n) is 5.90. The molecule has 4 nitrogen and oxygen atoms in total. The summed E-state index contributed by atoms with van der Waals surface area (Å²) < 4.78 is 2.45. The normalized spacial score (nSPS) is 10.6. The number of hydrogen-bond donors (Lipinski definition) is 1. The Labute approximate surface area is 115 Å². The van der Waals surface area contributed by atoms with E-state index in [1.807, 2.05) is 54.1 Å². The highest BCUT2D eigenvalue weighted by atomic mass is 32.1. The quantitative estimate of drug-likeness (QED) is 0.725. The van der Waals surface area contributed by atoms with Gasteiger partial charge in [-0.3, -0.25) is 14.6 Å². The van der Waals surface area contributed by atoms with E-state index in [0.29, 0.717) is 4.77 Å². The van der Waals surface area contributed by atoms with Gasteiger partial charge < -0.3 is 0 Å². The van der Waals surface area contributed by atoms with E-state index in [-0.39, 0.29) is 0 Å². The van der Waals surface area contributed by atoms with E-state index in [1.54, 1.807) is 6.20 Å². The predicted octanol–water partition coefficient (Wildman–Crippen LogP) is 3.30. The van der Waals surface area contributed by atoms with Crippen molar-refractivity contribution < 1.29 is 0 Å². The van der Waals surface area contributed by atoms with E-state index in [2.05, 4.69) is 15.2 Å². The number of nitrogens with one attached hydrogen (secondary N) is 1. The lowest BCUT2D eigenvalue weighted by Crippen LogP contribution is -1.98. The van der Waals surface area contributed by atoms with Gasteiger partial charge in [0.25, 0.3) is 0 Å². The van der Waals surface area contributed by atoms with Gasteiger partial charge in [0.2, 0.25) is 0 Å². The topological polar surface area (TPSA) is 46.5 Å². The van der Waals surface area contributed by atoms with Gasteiger partial charge in [-0.2, -0.15) is 5.10 Å². The Bertz CT molecular complexity index is 758. The summed E-state index contributed by atoms with van der Waals surface area (Å²) >= 11 is 5.32. The summed E-state index contributed by atoms with van der Waals surface area (Å²) in [4.78, 5) is 4.21. The molecule has 94 valence electrons. The molecule has 0 aliphatic carbocycles. The molecule has 0 aliphatic rings. The second kappa shape index (κ2) is 4.78. The van der Waals surface area contributed by atoms with Crippen molar-refractivity contribution in [2.45, 2.75) is 6.92 Å². The van der Waals surface area contributed by atoms with Gasteiger partial charge in [-0.15, -0.1) is 0 Å². The molecule has 1 N–H and O–H groups in total. The zero-order valence-electron chi connectivity index (χ0n) is 10.4. The fourth-order valence-corrected chi connectivity index (χ4v) is 2.22. The Morgan fingerprint density at radius 1 is 1.16 bits per heavy atom. The summed E-state index contributed by atoms with van der Waals surface area (Å²) in [5.41, 5.74) is 3.01. The summed E-state index contributed by atoms with van der Waals surface area (Å²) in [5.74, 6) is 0.790. The molecule has 0 bridgehead atoms. The highest BCUT2D eigenvalue weighted by Gasteiger charge is 2.10. The largest absolute Gasteiger partial charge is 0.267 e. The molecular formula is C14H12N4S. The van der Waals surface area contributed by atoms with E-state index in [1.165, 1.54) is 0 Å². The van der Waals surface area contributed by atoms with Gasteiger partial charge >= 0.3 is 0 Å². The Morgan fingerprint density at radius 3 is 2.68 bits per heavy atom. The van der Waals surface area contributed by atoms with Crippen molar-refractivity contribution in [2.75, 3.05) is 0 Å². The van der Waals surface area contributed by atoms with Gasteiger partial charge in [-0.05, 0) is 30.8 Å². The van der Waals surface area contributed by atoms with Gasteiger partial charge in [-0.25, -0.2) is 0 Å². The third-order valence-corrected chi connectivity index (χ3v) is 3.10. The Hall–Kier alpha value is -2.27. The maximum atomic E-state index is 5.32. The second-order valence-electron chi connectivity index (χ2n) is 4.27. The lowest BCUT2D eigenvalue weighted by molar-refractivity contribution is 1.02. The number of H-pyrrole nitrogens is 1. The number of aryl methyl sites for hydroxylation is 1. The maximum absolute atomic E-state index is 5.32. The molecule has 0 atom stereocenters. The third kappa shape index (κ3) is 2.20.